The van der Waals surface area contributed by atoms with Crippen LogP contribution in [0.4, 0.5) is 5.69 Å². The number of carbonyl (C=O) groups is 1. The third kappa shape index (κ3) is 3.13. The number of rotatable bonds is 2. The Balaban J connectivity index is 0.00000117. The Kier molecular flexibility index (Phi) is 5.58. The molecule has 0 aromatic heterocycles. The molecule has 0 unspecified atom stereocenters. The number of aliphatic hydroxyl groups excluding tert-OH is 1. The third-order valence-electron chi connectivity index (χ3n) is 4.06. The van der Waals surface area contributed by atoms with Crippen LogP contribution in [0.5, 0.6) is 0 Å². The van der Waals surface area contributed by atoms with Crippen LogP contribution in [0, 0.1) is 0 Å². The molecule has 0 spiro atoms. The van der Waals surface area contributed by atoms with Crippen LogP contribution in [-0.4, -0.2) is 30.8 Å². The topological polar surface area (TPSA) is 104 Å². The van der Waals surface area contributed by atoms with Crippen LogP contribution >= 0.6 is 0 Å². The van der Waals surface area contributed by atoms with E-state index in [-0.39, 0.29) is 22.5 Å². The summed E-state index contributed by atoms with van der Waals surface area (Å²) in [7, 11) is -2.66. The summed E-state index contributed by atoms with van der Waals surface area (Å²) in [5, 5.41) is 11.2. The molecular weight excluding hydrogens is 354 g/mol. The molecule has 26 heavy (non-hydrogen) atoms. The molecule has 0 saturated carbocycles. The number of carbonyl (C=O) groups excluding carboxylic acids is 1. The van der Waals surface area contributed by atoms with Gasteiger partial charge in [-0.05, 0) is 37.1 Å². The maximum absolute atomic E-state index is 12.8. The summed E-state index contributed by atoms with van der Waals surface area (Å²) in [5.74, 6) is 4.61. The molecule has 7 nitrogen and oxygen atoms in total. The summed E-state index contributed by atoms with van der Waals surface area (Å²) in [4.78, 5) is 12.9. The van der Waals surface area contributed by atoms with E-state index in [2.05, 4.69) is 0 Å². The van der Waals surface area contributed by atoms with Gasteiger partial charge in [-0.3, -0.25) is 4.79 Å². The Bertz CT molecular complexity index is 915. The number of aliphatic hydroxyl groups is 1. The fraction of sp³-hybridized carbons (Fsp3) is 0.278. The minimum absolute atomic E-state index is 0.0325. The zero-order valence-electron chi connectivity index (χ0n) is 15.2. The first-order valence-corrected chi connectivity index (χ1v) is 9.66. The molecule has 1 heterocycles. The number of nitrogens with two attached hydrogens (primary N) is 1. The van der Waals surface area contributed by atoms with Crippen molar-refractivity contribution in [3.05, 3.63) is 63.9 Å². The molecule has 0 saturated heterocycles. The second-order valence-electron chi connectivity index (χ2n) is 5.69. The highest BCUT2D eigenvalue weighted by atomic mass is 32.2. The summed E-state index contributed by atoms with van der Waals surface area (Å²) in [6.45, 7) is 5.77. The molecule has 1 amide bonds. The molecule has 1 aromatic carbocycles. The Morgan fingerprint density at radius 1 is 1.23 bits per heavy atom. The Morgan fingerprint density at radius 2 is 1.81 bits per heavy atom. The lowest BCUT2D eigenvalue weighted by molar-refractivity contribution is -0.115. The zero-order valence-corrected chi connectivity index (χ0v) is 16.0. The van der Waals surface area contributed by atoms with E-state index < -0.39 is 21.8 Å². The summed E-state index contributed by atoms with van der Waals surface area (Å²) < 4.78 is 25.6. The maximum atomic E-state index is 12.8. The van der Waals surface area contributed by atoms with Crippen LogP contribution in [0.25, 0.3) is 0 Å². The van der Waals surface area contributed by atoms with Gasteiger partial charge in [-0.2, -0.15) is 0 Å². The number of hydrogen-bond donors (Lipinski definition) is 2. The summed E-state index contributed by atoms with van der Waals surface area (Å²) in [6.07, 6.45) is 1.79. The van der Waals surface area contributed by atoms with E-state index >= 15 is 0 Å². The first kappa shape index (κ1) is 19.7. The van der Waals surface area contributed by atoms with Gasteiger partial charge in [0.05, 0.1) is 10.6 Å². The van der Waals surface area contributed by atoms with Crippen LogP contribution in [0.2, 0.25) is 0 Å². The third-order valence-corrected chi connectivity index (χ3v) is 5.87. The summed E-state index contributed by atoms with van der Waals surface area (Å²) in [6, 6.07) is 8.52. The van der Waals surface area contributed by atoms with Crippen LogP contribution in [0.15, 0.2) is 63.9 Å². The molecule has 0 atom stereocenters. The fourth-order valence-electron chi connectivity index (χ4n) is 2.77. The molecule has 1 aromatic rings. The largest absolute Gasteiger partial charge is 0.493 e. The van der Waals surface area contributed by atoms with Gasteiger partial charge in [-0.15, -0.1) is 0 Å². The van der Waals surface area contributed by atoms with Gasteiger partial charge < -0.3 is 5.11 Å². The van der Waals surface area contributed by atoms with Gasteiger partial charge in [0, 0.05) is 7.05 Å². The standard InChI is InChI=1S/C16H17N3O4S.C2H6/c1-10-8-12-13(9-10)24(22,23)18(2)15(20)14(12)16(21)19(17)11-6-4-3-5-7-11;1-2/h3-7,9,20H,8,17H2,1-2H3;1-2H3. The van der Waals surface area contributed by atoms with Gasteiger partial charge in [0.25, 0.3) is 15.9 Å². The van der Waals surface area contributed by atoms with E-state index in [1.165, 1.54) is 13.1 Å². The Morgan fingerprint density at radius 3 is 2.38 bits per heavy atom. The fourth-order valence-corrected chi connectivity index (χ4v) is 4.22. The van der Waals surface area contributed by atoms with Crippen molar-refractivity contribution in [2.45, 2.75) is 27.2 Å². The first-order valence-electron chi connectivity index (χ1n) is 8.22. The number of para-hydroxylation sites is 1. The number of benzene rings is 1. The molecule has 1 aliphatic heterocycles. The van der Waals surface area contributed by atoms with Crippen molar-refractivity contribution in [2.24, 2.45) is 5.84 Å². The highest BCUT2D eigenvalue weighted by Gasteiger charge is 2.41. The van der Waals surface area contributed by atoms with Gasteiger partial charge in [0.15, 0.2) is 0 Å². The van der Waals surface area contributed by atoms with Gasteiger partial charge in [-0.1, -0.05) is 37.6 Å². The van der Waals surface area contributed by atoms with Crippen molar-refractivity contribution in [3.63, 3.8) is 0 Å². The molecule has 8 heteroatoms. The molecule has 140 valence electrons. The average Bonchev–Trinajstić information content (AvgIpc) is 3.04. The molecule has 0 bridgehead atoms. The summed E-state index contributed by atoms with van der Waals surface area (Å²) >= 11 is 0. The van der Waals surface area contributed by atoms with E-state index in [4.69, 9.17) is 5.84 Å². The molecule has 3 rings (SSSR count). The molecule has 2 aliphatic rings. The van der Waals surface area contributed by atoms with Crippen LogP contribution in [0.3, 0.4) is 0 Å². The van der Waals surface area contributed by atoms with Crippen molar-refractivity contribution >= 4 is 21.6 Å². The number of amides is 1. The van der Waals surface area contributed by atoms with Crippen LogP contribution in [0.1, 0.15) is 27.2 Å². The Labute approximate surface area is 153 Å². The quantitative estimate of drug-likeness (QED) is 0.468. The van der Waals surface area contributed by atoms with Crippen LogP contribution < -0.4 is 10.9 Å². The number of sulfonamides is 1. The smallest absolute Gasteiger partial charge is 0.278 e. The lowest BCUT2D eigenvalue weighted by Crippen LogP contribution is -2.42. The number of nitrogens with zero attached hydrogens (tertiary/aromatic N) is 2. The van der Waals surface area contributed by atoms with E-state index in [1.807, 2.05) is 13.8 Å². The number of allylic oxidation sites excluding steroid dienone is 2. The molecule has 3 N–H and O–H groups in total. The van der Waals surface area contributed by atoms with Crippen molar-refractivity contribution in [1.29, 1.82) is 0 Å². The SMILES string of the molecule is CC.CC1=CC2=C(C1)C(C(=O)N(N)c1ccccc1)=C(O)N(C)S2(=O)=O. The van der Waals surface area contributed by atoms with E-state index in [0.717, 1.165) is 10.6 Å². The first-order chi connectivity index (χ1) is 12.2. The molecule has 0 fully saturated rings. The van der Waals surface area contributed by atoms with Gasteiger partial charge in [-0.25, -0.2) is 23.6 Å². The average molecular weight is 377 g/mol. The molecular formula is C18H23N3O4S. The van der Waals surface area contributed by atoms with Gasteiger partial charge in [0.1, 0.15) is 5.57 Å². The second-order valence-corrected chi connectivity index (χ2v) is 7.63. The van der Waals surface area contributed by atoms with Crippen LogP contribution in [-0.2, 0) is 14.8 Å². The Hall–Kier alpha value is -2.58. The lowest BCUT2D eigenvalue weighted by Gasteiger charge is -2.28. The van der Waals surface area contributed by atoms with Crippen molar-refractivity contribution in [3.8, 4) is 0 Å². The van der Waals surface area contributed by atoms with E-state index in [1.54, 1.807) is 37.3 Å². The number of anilines is 1. The van der Waals surface area contributed by atoms with Gasteiger partial charge >= 0.3 is 0 Å². The van der Waals surface area contributed by atoms with Crippen molar-refractivity contribution in [2.75, 3.05) is 12.1 Å². The summed E-state index contributed by atoms with van der Waals surface area (Å²) in [5.41, 5.74) is 1.41. The highest BCUT2D eigenvalue weighted by Crippen LogP contribution is 2.41. The highest BCUT2D eigenvalue weighted by molar-refractivity contribution is 7.93. The number of hydrogen-bond acceptors (Lipinski definition) is 5. The molecule has 0 radical (unpaired) electrons. The normalized spacial score (nSPS) is 18.0. The lowest BCUT2D eigenvalue weighted by atomic mass is 10.0. The minimum Gasteiger partial charge on any atom is -0.493 e. The minimum atomic E-state index is -3.86. The van der Waals surface area contributed by atoms with Crippen molar-refractivity contribution < 1.29 is 18.3 Å². The predicted molar refractivity (Wildman–Crippen MR) is 101 cm³/mol. The predicted octanol–water partition coefficient (Wildman–Crippen LogP) is 2.57. The van der Waals surface area contributed by atoms with E-state index in [9.17, 15) is 18.3 Å². The zero-order chi connectivity index (χ0) is 19.6. The number of hydrazine groups is 1. The second kappa shape index (κ2) is 7.35. The monoisotopic (exact) mass is 377 g/mol. The molecule has 1 aliphatic carbocycles. The van der Waals surface area contributed by atoms with Crippen molar-refractivity contribution in [1.82, 2.24) is 4.31 Å². The van der Waals surface area contributed by atoms with Gasteiger partial charge in [0.2, 0.25) is 5.88 Å². The van der Waals surface area contributed by atoms with E-state index in [0.29, 0.717) is 9.99 Å². The maximum Gasteiger partial charge on any atom is 0.278 e.